The molecule has 0 unspecified atom stereocenters. The summed E-state index contributed by atoms with van der Waals surface area (Å²) in [6.07, 6.45) is 0. The van der Waals surface area contributed by atoms with Gasteiger partial charge < -0.3 is 14.8 Å². The summed E-state index contributed by atoms with van der Waals surface area (Å²) in [6.45, 7) is 2.15. The first-order chi connectivity index (χ1) is 14.7. The average molecular weight is 437 g/mol. The van der Waals surface area contributed by atoms with Gasteiger partial charge in [0.2, 0.25) is 12.7 Å². The third kappa shape index (κ3) is 3.81. The Morgan fingerprint density at radius 2 is 1.93 bits per heavy atom. The fourth-order valence-corrected chi connectivity index (χ4v) is 4.56. The van der Waals surface area contributed by atoms with Gasteiger partial charge in [0.25, 0.3) is 0 Å². The Bertz CT molecular complexity index is 1240. The van der Waals surface area contributed by atoms with Crippen molar-refractivity contribution in [3.05, 3.63) is 53.5 Å². The van der Waals surface area contributed by atoms with Crippen LogP contribution in [0.1, 0.15) is 5.01 Å². The zero-order valence-corrected chi connectivity index (χ0v) is 17.5. The van der Waals surface area contributed by atoms with Crippen LogP contribution in [0.15, 0.2) is 53.7 Å². The Morgan fingerprint density at radius 3 is 2.80 bits per heavy atom. The number of carbonyl (C=O) groups is 1. The van der Waals surface area contributed by atoms with Gasteiger partial charge in [0, 0.05) is 17.3 Å². The first-order valence-corrected chi connectivity index (χ1v) is 11.0. The molecule has 2 aromatic heterocycles. The lowest BCUT2D eigenvalue weighted by Crippen LogP contribution is -2.14. The summed E-state index contributed by atoms with van der Waals surface area (Å²) in [7, 11) is 0. The lowest BCUT2D eigenvalue weighted by Gasteiger charge is -2.07. The van der Waals surface area contributed by atoms with Gasteiger partial charge in [0.1, 0.15) is 16.0 Å². The molecule has 9 heteroatoms. The summed E-state index contributed by atoms with van der Waals surface area (Å²) >= 11 is 2.82. The first kappa shape index (κ1) is 18.8. The van der Waals surface area contributed by atoms with Gasteiger partial charge in [-0.1, -0.05) is 53.4 Å². The molecule has 0 fully saturated rings. The number of carbonyl (C=O) groups excluding carboxylic acids is 1. The monoisotopic (exact) mass is 436 g/mol. The van der Waals surface area contributed by atoms with Crippen LogP contribution in [-0.2, 0) is 4.79 Å². The molecule has 1 amide bonds. The van der Waals surface area contributed by atoms with E-state index in [1.54, 1.807) is 18.2 Å². The molecule has 1 N–H and O–H groups in total. The number of rotatable bonds is 5. The molecule has 0 saturated carbocycles. The van der Waals surface area contributed by atoms with E-state index >= 15 is 0 Å². The van der Waals surface area contributed by atoms with Gasteiger partial charge >= 0.3 is 0 Å². The number of nitrogens with one attached hydrogen (secondary N) is 1. The number of ether oxygens (including phenoxy) is 2. The minimum atomic E-state index is -0.149. The largest absolute Gasteiger partial charge is 0.454 e. The van der Waals surface area contributed by atoms with Gasteiger partial charge in [0.15, 0.2) is 16.7 Å². The van der Waals surface area contributed by atoms with E-state index < -0.39 is 0 Å². The van der Waals surface area contributed by atoms with Crippen molar-refractivity contribution >= 4 is 45.0 Å². The van der Waals surface area contributed by atoms with E-state index in [4.69, 9.17) is 14.5 Å². The number of anilines is 1. The van der Waals surface area contributed by atoms with Crippen LogP contribution in [0.3, 0.4) is 0 Å². The van der Waals surface area contributed by atoms with Gasteiger partial charge in [-0.05, 0) is 19.1 Å². The predicted octanol–water partition coefficient (Wildman–Crippen LogP) is 4.52. The number of aryl methyl sites for hydroxylation is 1. The topological polar surface area (TPSA) is 86.2 Å². The molecule has 150 valence electrons. The normalized spacial score (nSPS) is 12.3. The number of thiazole rings is 1. The summed E-state index contributed by atoms with van der Waals surface area (Å²) in [5.41, 5.74) is 3.20. The predicted molar refractivity (Wildman–Crippen MR) is 117 cm³/mol. The van der Waals surface area contributed by atoms with Crippen molar-refractivity contribution in [2.45, 2.75) is 12.1 Å². The molecule has 0 bridgehead atoms. The van der Waals surface area contributed by atoms with E-state index in [1.807, 2.05) is 37.3 Å². The van der Waals surface area contributed by atoms with Crippen molar-refractivity contribution in [2.24, 2.45) is 0 Å². The average Bonchev–Trinajstić information content (AvgIpc) is 3.37. The molecule has 7 nitrogen and oxygen atoms in total. The zero-order valence-electron chi connectivity index (χ0n) is 15.9. The minimum absolute atomic E-state index is 0.149. The highest BCUT2D eigenvalue weighted by Crippen LogP contribution is 2.34. The van der Waals surface area contributed by atoms with E-state index in [0.29, 0.717) is 22.3 Å². The maximum atomic E-state index is 12.4. The van der Waals surface area contributed by atoms with E-state index in [2.05, 4.69) is 15.3 Å². The number of nitrogens with zero attached hydrogens (tertiary/aromatic N) is 3. The maximum Gasteiger partial charge on any atom is 0.234 e. The van der Waals surface area contributed by atoms with Crippen molar-refractivity contribution < 1.29 is 14.3 Å². The number of fused-ring (bicyclic) bond motifs is 2. The van der Waals surface area contributed by atoms with Gasteiger partial charge in [-0.15, -0.1) is 0 Å². The molecule has 0 saturated heterocycles. The standard InChI is InChI=1S/C21H16N4O3S2/c1-12-22-19-18(13-5-3-2-4-6-13)24-21(25-20(19)30-12)29-10-17(26)23-14-7-8-15-16(9-14)28-11-27-15/h2-9H,10-11H2,1H3,(H,23,26). The third-order valence-corrected chi connectivity index (χ3v) is 6.09. The fourth-order valence-electron chi connectivity index (χ4n) is 3.07. The Labute approximate surface area is 180 Å². The highest BCUT2D eigenvalue weighted by atomic mass is 32.2. The summed E-state index contributed by atoms with van der Waals surface area (Å²) in [6, 6.07) is 15.2. The van der Waals surface area contributed by atoms with E-state index in [1.165, 1.54) is 23.1 Å². The van der Waals surface area contributed by atoms with Crippen LogP contribution in [0.2, 0.25) is 0 Å². The molecule has 3 heterocycles. The number of thioether (sulfide) groups is 1. The number of amides is 1. The second kappa shape index (κ2) is 7.92. The molecule has 1 aliphatic rings. The highest BCUT2D eigenvalue weighted by Gasteiger charge is 2.16. The van der Waals surface area contributed by atoms with E-state index in [9.17, 15) is 4.79 Å². The number of aromatic nitrogens is 3. The number of hydrogen-bond donors (Lipinski definition) is 1. The van der Waals surface area contributed by atoms with Crippen LogP contribution in [0, 0.1) is 6.92 Å². The van der Waals surface area contributed by atoms with Crippen molar-refractivity contribution in [1.29, 1.82) is 0 Å². The summed E-state index contributed by atoms with van der Waals surface area (Å²) < 4.78 is 10.6. The van der Waals surface area contributed by atoms with Crippen LogP contribution in [0.4, 0.5) is 5.69 Å². The second-order valence-corrected chi connectivity index (χ2v) is 8.64. The zero-order chi connectivity index (χ0) is 20.5. The molecule has 30 heavy (non-hydrogen) atoms. The van der Waals surface area contributed by atoms with Crippen LogP contribution < -0.4 is 14.8 Å². The van der Waals surface area contributed by atoms with Crippen LogP contribution in [-0.4, -0.2) is 33.4 Å². The smallest absolute Gasteiger partial charge is 0.234 e. The number of hydrogen-bond acceptors (Lipinski definition) is 8. The summed E-state index contributed by atoms with van der Waals surface area (Å²) in [5.74, 6) is 1.34. The summed E-state index contributed by atoms with van der Waals surface area (Å²) in [4.78, 5) is 27.1. The van der Waals surface area contributed by atoms with Gasteiger partial charge in [-0.2, -0.15) is 0 Å². The molecular formula is C21H16N4O3S2. The van der Waals surface area contributed by atoms with E-state index in [-0.39, 0.29) is 18.5 Å². The van der Waals surface area contributed by atoms with Crippen molar-refractivity contribution in [3.63, 3.8) is 0 Å². The van der Waals surface area contributed by atoms with Gasteiger partial charge in [0.05, 0.1) is 10.8 Å². The SMILES string of the molecule is Cc1nc2c(-c3ccccc3)nc(SCC(=O)Nc3ccc4c(c3)OCO4)nc2s1. The Balaban J connectivity index is 1.34. The van der Waals surface area contributed by atoms with Gasteiger partial charge in [-0.25, -0.2) is 15.0 Å². The lowest BCUT2D eigenvalue weighted by atomic mass is 10.1. The molecule has 5 rings (SSSR count). The van der Waals surface area contributed by atoms with Crippen molar-refractivity contribution in [2.75, 3.05) is 17.9 Å². The lowest BCUT2D eigenvalue weighted by molar-refractivity contribution is -0.113. The molecular weight excluding hydrogens is 420 g/mol. The molecule has 4 aromatic rings. The molecule has 2 aromatic carbocycles. The number of benzene rings is 2. The molecule has 1 aliphatic heterocycles. The van der Waals surface area contributed by atoms with Crippen molar-refractivity contribution in [3.8, 4) is 22.8 Å². The van der Waals surface area contributed by atoms with Crippen LogP contribution in [0.25, 0.3) is 21.6 Å². The molecule has 0 spiro atoms. The highest BCUT2D eigenvalue weighted by molar-refractivity contribution is 7.99. The Morgan fingerprint density at radius 1 is 1.10 bits per heavy atom. The van der Waals surface area contributed by atoms with Crippen molar-refractivity contribution in [1.82, 2.24) is 15.0 Å². The molecule has 0 atom stereocenters. The Kier molecular flexibility index (Phi) is 4.97. The Hall–Kier alpha value is -3.17. The van der Waals surface area contributed by atoms with Gasteiger partial charge in [-0.3, -0.25) is 4.79 Å². The molecule has 0 aliphatic carbocycles. The fraction of sp³-hybridized carbons (Fsp3) is 0.143. The second-order valence-electron chi connectivity index (χ2n) is 6.51. The molecule has 0 radical (unpaired) electrons. The summed E-state index contributed by atoms with van der Waals surface area (Å²) in [5, 5.41) is 4.35. The van der Waals surface area contributed by atoms with E-state index in [0.717, 1.165) is 26.6 Å². The minimum Gasteiger partial charge on any atom is -0.454 e. The quantitative estimate of drug-likeness (QED) is 0.364. The maximum absolute atomic E-state index is 12.4. The van der Waals surface area contributed by atoms with Crippen LogP contribution in [0.5, 0.6) is 11.5 Å². The van der Waals surface area contributed by atoms with Crippen LogP contribution >= 0.6 is 23.1 Å². The third-order valence-electron chi connectivity index (χ3n) is 4.38. The first-order valence-electron chi connectivity index (χ1n) is 9.18.